The van der Waals surface area contributed by atoms with Gasteiger partial charge in [-0.1, -0.05) is 150 Å². The van der Waals surface area contributed by atoms with Crippen LogP contribution in [0.1, 0.15) is 47.6 Å². The van der Waals surface area contributed by atoms with Crippen LogP contribution in [0, 0.1) is 0 Å². The zero-order chi connectivity index (χ0) is 40.7. The van der Waals surface area contributed by atoms with Crippen LogP contribution >= 0.6 is 30.1 Å². The summed E-state index contributed by atoms with van der Waals surface area (Å²) in [5, 5.41) is 5.06. The molecule has 2 aliphatic carbocycles. The summed E-state index contributed by atoms with van der Waals surface area (Å²) in [6, 6.07) is 73.4. The lowest BCUT2D eigenvalue weighted by atomic mass is 9.70. The summed E-state index contributed by atoms with van der Waals surface area (Å²) in [4.78, 5) is 3.70. The van der Waals surface area contributed by atoms with Gasteiger partial charge < -0.3 is 9.47 Å². The summed E-state index contributed by atoms with van der Waals surface area (Å²) in [5.74, 6) is 0. The molecule has 1 heterocycles. The molecule has 61 heavy (non-hydrogen) atoms. The zero-order valence-corrected chi connectivity index (χ0v) is 36.8. The van der Waals surface area contributed by atoms with Crippen molar-refractivity contribution in [1.29, 1.82) is 0 Å². The van der Waals surface area contributed by atoms with Crippen LogP contribution in [0.5, 0.6) is 0 Å². The summed E-state index contributed by atoms with van der Waals surface area (Å²) >= 11 is 2.38. The van der Waals surface area contributed by atoms with Gasteiger partial charge in [-0.15, -0.1) is 0 Å². The standard InChI is InChI=1S/C57H41IN2S/c1-2-3-14-37-25-27-38(28-26-37)59(39-29-32-41(61-58)33-30-39)40-31-34-48-51(35-40)57(49-21-10-6-15-42(49)43-16-7-11-22-50(43)57)52-36-55(46-19-4-5-20-47(46)56(48)52)60-53-23-12-8-17-44(53)45-18-9-13-24-54(45)60/h4-13,15-36H,2-3,14H2,1H3. The van der Waals surface area contributed by atoms with Gasteiger partial charge in [0.1, 0.15) is 0 Å². The molecule has 1 aromatic heterocycles. The molecule has 0 unspecified atom stereocenters. The first-order valence-corrected chi connectivity index (χ1v) is 24.7. The van der Waals surface area contributed by atoms with Gasteiger partial charge in [-0.25, -0.2) is 0 Å². The highest BCUT2D eigenvalue weighted by Crippen LogP contribution is 2.65. The summed E-state index contributed by atoms with van der Waals surface area (Å²) in [5.41, 5.74) is 18.5. The first kappa shape index (κ1) is 36.7. The van der Waals surface area contributed by atoms with Crippen LogP contribution in [0.4, 0.5) is 17.1 Å². The number of benzene rings is 9. The third kappa shape index (κ3) is 5.41. The maximum absolute atomic E-state index is 2.56. The van der Waals surface area contributed by atoms with E-state index in [1.165, 1.54) is 106 Å². The maximum Gasteiger partial charge on any atom is 0.0727 e. The number of rotatable bonds is 8. The van der Waals surface area contributed by atoms with E-state index in [1.807, 2.05) is 0 Å². The molecular formula is C57H41IN2S. The quantitative estimate of drug-likeness (QED) is 0.140. The second kappa shape index (κ2) is 14.5. The van der Waals surface area contributed by atoms with Crippen molar-refractivity contribution in [2.24, 2.45) is 0 Å². The molecule has 0 radical (unpaired) electrons. The van der Waals surface area contributed by atoms with Gasteiger partial charge in [-0.05, 0) is 135 Å². The average Bonchev–Trinajstić information content (AvgIpc) is 3.93. The molecule has 292 valence electrons. The third-order valence-corrected chi connectivity index (χ3v) is 15.3. The van der Waals surface area contributed by atoms with E-state index in [-0.39, 0.29) is 0 Å². The van der Waals surface area contributed by atoms with Crippen molar-refractivity contribution in [1.82, 2.24) is 4.57 Å². The van der Waals surface area contributed by atoms with Gasteiger partial charge in [-0.3, -0.25) is 0 Å². The predicted octanol–water partition coefficient (Wildman–Crippen LogP) is 16.5. The smallest absolute Gasteiger partial charge is 0.0727 e. The lowest BCUT2D eigenvalue weighted by Crippen LogP contribution is -2.26. The van der Waals surface area contributed by atoms with Gasteiger partial charge in [0, 0.05) is 59.3 Å². The van der Waals surface area contributed by atoms with Crippen molar-refractivity contribution in [2.45, 2.75) is 36.5 Å². The number of para-hydroxylation sites is 2. The highest BCUT2D eigenvalue weighted by atomic mass is 127. The van der Waals surface area contributed by atoms with E-state index in [9.17, 15) is 0 Å². The molecule has 4 heteroatoms. The van der Waals surface area contributed by atoms with E-state index in [2.05, 4.69) is 232 Å². The number of hydrogen-bond donors (Lipinski definition) is 0. The zero-order valence-electron chi connectivity index (χ0n) is 33.8. The van der Waals surface area contributed by atoms with Gasteiger partial charge in [0.15, 0.2) is 0 Å². The third-order valence-electron chi connectivity index (χ3n) is 13.3. The number of aryl methyl sites for hydroxylation is 1. The molecule has 2 nitrogen and oxygen atoms in total. The van der Waals surface area contributed by atoms with Crippen molar-refractivity contribution in [2.75, 3.05) is 4.90 Å². The molecule has 9 aromatic carbocycles. The lowest BCUT2D eigenvalue weighted by Gasteiger charge is -2.32. The normalized spacial score (nSPS) is 13.1. The second-order valence-electron chi connectivity index (χ2n) is 16.5. The Morgan fingerprint density at radius 3 is 1.66 bits per heavy atom. The SMILES string of the molecule is CCCCc1ccc(N(c2ccc(SI)cc2)c2ccc3c(c2)C2(c4ccccc4-c4ccccc42)c2cc(-n4c5ccccc5c5ccccc54)c4ccccc4c2-3)cc1. The Hall–Kier alpha value is -6.08. The molecule has 0 bridgehead atoms. The van der Waals surface area contributed by atoms with Crippen LogP contribution in [0.15, 0.2) is 199 Å². The molecule has 0 saturated carbocycles. The fourth-order valence-electron chi connectivity index (χ4n) is 10.8. The van der Waals surface area contributed by atoms with E-state index in [0.717, 1.165) is 23.5 Å². The molecule has 10 aromatic rings. The minimum atomic E-state index is -0.553. The molecule has 0 aliphatic heterocycles. The maximum atomic E-state index is 2.56. The van der Waals surface area contributed by atoms with Crippen LogP contribution in [-0.4, -0.2) is 4.57 Å². The number of halogens is 1. The molecule has 0 fully saturated rings. The molecular weight excluding hydrogens is 872 g/mol. The van der Waals surface area contributed by atoms with E-state index >= 15 is 0 Å². The Morgan fingerprint density at radius 2 is 1.03 bits per heavy atom. The van der Waals surface area contributed by atoms with Crippen molar-refractivity contribution >= 4 is 79.8 Å². The van der Waals surface area contributed by atoms with E-state index in [4.69, 9.17) is 0 Å². The second-order valence-corrected chi connectivity index (χ2v) is 18.4. The average molecular weight is 913 g/mol. The van der Waals surface area contributed by atoms with E-state index in [0.29, 0.717) is 0 Å². The van der Waals surface area contributed by atoms with Gasteiger partial charge >= 0.3 is 0 Å². The summed E-state index contributed by atoms with van der Waals surface area (Å²) in [6.07, 6.45) is 3.49. The van der Waals surface area contributed by atoms with Crippen LogP contribution in [0.2, 0.25) is 0 Å². The topological polar surface area (TPSA) is 8.17 Å². The van der Waals surface area contributed by atoms with Crippen molar-refractivity contribution in [3.63, 3.8) is 0 Å². The molecule has 12 rings (SSSR count). The molecule has 2 aliphatic rings. The number of fused-ring (bicyclic) bond motifs is 15. The van der Waals surface area contributed by atoms with Crippen LogP contribution in [0.3, 0.4) is 0 Å². The Balaban J connectivity index is 1.18. The van der Waals surface area contributed by atoms with Gasteiger partial charge in [0.25, 0.3) is 0 Å². The largest absolute Gasteiger partial charge is 0.310 e. The van der Waals surface area contributed by atoms with Crippen molar-refractivity contribution in [3.05, 3.63) is 222 Å². The summed E-state index contributed by atoms with van der Waals surface area (Å²) in [7, 11) is 1.75. The summed E-state index contributed by atoms with van der Waals surface area (Å²) < 4.78 is 2.52. The number of anilines is 3. The Bertz CT molecular complexity index is 3250. The van der Waals surface area contributed by atoms with Gasteiger partial charge in [-0.2, -0.15) is 0 Å². The Labute approximate surface area is 373 Å². The van der Waals surface area contributed by atoms with E-state index < -0.39 is 5.41 Å². The minimum absolute atomic E-state index is 0.553. The Morgan fingerprint density at radius 1 is 0.492 bits per heavy atom. The molecule has 0 atom stereocenters. The van der Waals surface area contributed by atoms with Gasteiger partial charge in [0.2, 0.25) is 0 Å². The van der Waals surface area contributed by atoms with E-state index in [1.54, 1.807) is 8.93 Å². The molecule has 1 spiro atoms. The van der Waals surface area contributed by atoms with Gasteiger partial charge in [0.05, 0.1) is 22.1 Å². The first-order chi connectivity index (χ1) is 30.2. The molecule has 0 amide bonds. The monoisotopic (exact) mass is 912 g/mol. The first-order valence-electron chi connectivity index (χ1n) is 21.4. The predicted molar refractivity (Wildman–Crippen MR) is 268 cm³/mol. The highest BCUT2D eigenvalue weighted by Gasteiger charge is 2.52. The lowest BCUT2D eigenvalue weighted by molar-refractivity contribution is 0.793. The van der Waals surface area contributed by atoms with Crippen molar-refractivity contribution < 1.29 is 0 Å². The van der Waals surface area contributed by atoms with Crippen LogP contribution in [-0.2, 0) is 11.8 Å². The minimum Gasteiger partial charge on any atom is -0.310 e. The fraction of sp³-hybridized carbons (Fsp3) is 0.0877. The number of nitrogens with zero attached hydrogens (tertiary/aromatic N) is 2. The Kier molecular flexibility index (Phi) is 8.76. The fourth-order valence-corrected chi connectivity index (χ4v) is 11.9. The molecule has 0 N–H and O–H groups in total. The summed E-state index contributed by atoms with van der Waals surface area (Å²) in [6.45, 7) is 2.27. The van der Waals surface area contributed by atoms with Crippen LogP contribution in [0.25, 0.3) is 60.5 Å². The number of unbranched alkanes of at least 4 members (excludes halogenated alkanes) is 1. The number of aromatic nitrogens is 1. The van der Waals surface area contributed by atoms with Crippen molar-refractivity contribution in [3.8, 4) is 27.9 Å². The highest BCUT2D eigenvalue weighted by molar-refractivity contribution is 14.2. The number of hydrogen-bond acceptors (Lipinski definition) is 2. The van der Waals surface area contributed by atoms with Crippen LogP contribution < -0.4 is 4.90 Å². The molecule has 0 saturated heterocycles.